The first kappa shape index (κ1) is 27.4. The van der Waals surface area contributed by atoms with Gasteiger partial charge in [0.05, 0.1) is 18.6 Å². The SMILES string of the molecule is CCCCCCCCCCCCCCCC[C@H]([C@H](O)[C@@H](O)CO)[C@H](C)C(=O)O. The van der Waals surface area contributed by atoms with Crippen LogP contribution in [0.2, 0.25) is 0 Å². The fourth-order valence-electron chi connectivity index (χ4n) is 3.87. The predicted molar refractivity (Wildman–Crippen MR) is 114 cm³/mol. The van der Waals surface area contributed by atoms with Crippen molar-refractivity contribution >= 4 is 5.97 Å². The lowest BCUT2D eigenvalue weighted by Crippen LogP contribution is -2.40. The molecule has 5 heteroatoms. The molecular weight excluding hydrogens is 356 g/mol. The van der Waals surface area contributed by atoms with E-state index in [1.807, 2.05) is 0 Å². The van der Waals surface area contributed by atoms with E-state index in [-0.39, 0.29) is 0 Å². The van der Waals surface area contributed by atoms with Gasteiger partial charge in [-0.15, -0.1) is 0 Å². The van der Waals surface area contributed by atoms with Gasteiger partial charge in [-0.05, 0) is 6.42 Å². The highest BCUT2D eigenvalue weighted by molar-refractivity contribution is 5.69. The molecule has 0 aromatic rings. The van der Waals surface area contributed by atoms with Crippen LogP contribution in [0.25, 0.3) is 0 Å². The lowest BCUT2D eigenvalue weighted by Gasteiger charge is -2.28. The Kier molecular flexibility index (Phi) is 18.0. The van der Waals surface area contributed by atoms with Crippen molar-refractivity contribution in [1.29, 1.82) is 0 Å². The molecule has 0 rings (SSSR count). The first-order valence-electron chi connectivity index (χ1n) is 11.6. The summed E-state index contributed by atoms with van der Waals surface area (Å²) in [5.41, 5.74) is 0. The molecule has 0 amide bonds. The second-order valence-corrected chi connectivity index (χ2v) is 8.42. The van der Waals surface area contributed by atoms with E-state index in [4.69, 9.17) is 5.11 Å². The normalized spacial score (nSPS) is 15.9. The maximum absolute atomic E-state index is 11.2. The zero-order valence-electron chi connectivity index (χ0n) is 18.3. The number of carboxylic acids is 1. The molecule has 4 N–H and O–H groups in total. The number of aliphatic carboxylic acids is 1. The molecule has 0 heterocycles. The molecular formula is C23H46O5. The number of carbonyl (C=O) groups is 1. The van der Waals surface area contributed by atoms with E-state index < -0.39 is 36.6 Å². The van der Waals surface area contributed by atoms with Crippen LogP contribution in [0, 0.1) is 11.8 Å². The van der Waals surface area contributed by atoms with Crippen molar-refractivity contribution in [2.24, 2.45) is 11.8 Å². The molecule has 0 spiro atoms. The summed E-state index contributed by atoms with van der Waals surface area (Å²) in [6, 6.07) is 0. The summed E-state index contributed by atoms with van der Waals surface area (Å²) in [5.74, 6) is -2.24. The highest BCUT2D eigenvalue weighted by Crippen LogP contribution is 2.25. The number of carboxylic acid groups (broad SMARTS) is 1. The van der Waals surface area contributed by atoms with Crippen LogP contribution < -0.4 is 0 Å². The Morgan fingerprint density at radius 2 is 1.14 bits per heavy atom. The summed E-state index contributed by atoms with van der Waals surface area (Å²) in [5, 5.41) is 38.0. The fraction of sp³-hybridized carbons (Fsp3) is 0.957. The van der Waals surface area contributed by atoms with Crippen LogP contribution >= 0.6 is 0 Å². The van der Waals surface area contributed by atoms with Gasteiger partial charge in [-0.2, -0.15) is 0 Å². The first-order chi connectivity index (χ1) is 13.5. The Hall–Kier alpha value is -0.650. The molecule has 0 radical (unpaired) electrons. The van der Waals surface area contributed by atoms with Crippen LogP contribution in [0.4, 0.5) is 0 Å². The summed E-state index contributed by atoms with van der Waals surface area (Å²) in [4.78, 5) is 11.2. The molecule has 5 nitrogen and oxygen atoms in total. The van der Waals surface area contributed by atoms with Crippen LogP contribution in [0.5, 0.6) is 0 Å². The number of aliphatic hydroxyl groups is 3. The third-order valence-corrected chi connectivity index (χ3v) is 5.94. The number of hydrogen-bond acceptors (Lipinski definition) is 4. The standard InChI is InChI=1S/C23H46O5/c1-3-4-5-6-7-8-9-10-11-12-13-14-15-16-17-20(19(2)23(27)28)22(26)21(25)18-24/h19-22,24-26H,3-18H2,1-2H3,(H,27,28)/t19-,20-,21-,22-/m0/s1. The van der Waals surface area contributed by atoms with Gasteiger partial charge in [0.25, 0.3) is 0 Å². The largest absolute Gasteiger partial charge is 0.481 e. The molecule has 0 unspecified atom stereocenters. The summed E-state index contributed by atoms with van der Waals surface area (Å²) >= 11 is 0. The lowest BCUT2D eigenvalue weighted by atomic mass is 9.82. The number of rotatable bonds is 20. The second kappa shape index (κ2) is 18.4. The minimum absolute atomic E-state index is 0.531. The van der Waals surface area contributed by atoms with Crippen LogP contribution in [-0.4, -0.2) is 45.2 Å². The van der Waals surface area contributed by atoms with Crippen LogP contribution in [0.1, 0.15) is 110 Å². The van der Waals surface area contributed by atoms with E-state index in [2.05, 4.69) is 6.92 Å². The number of unbranched alkanes of at least 4 members (excludes halogenated alkanes) is 13. The average Bonchev–Trinajstić information content (AvgIpc) is 2.69. The number of hydrogen-bond donors (Lipinski definition) is 4. The highest BCUT2D eigenvalue weighted by atomic mass is 16.4. The zero-order valence-corrected chi connectivity index (χ0v) is 18.3. The molecule has 0 bridgehead atoms. The van der Waals surface area contributed by atoms with Gasteiger partial charge in [-0.25, -0.2) is 0 Å². The van der Waals surface area contributed by atoms with Gasteiger partial charge in [-0.1, -0.05) is 104 Å². The molecule has 168 valence electrons. The third kappa shape index (κ3) is 13.5. The van der Waals surface area contributed by atoms with Crippen molar-refractivity contribution in [3.63, 3.8) is 0 Å². The average molecular weight is 403 g/mol. The van der Waals surface area contributed by atoms with E-state index in [9.17, 15) is 20.1 Å². The summed E-state index contributed by atoms with van der Waals surface area (Å²) < 4.78 is 0. The quantitative estimate of drug-likeness (QED) is 0.217. The molecule has 28 heavy (non-hydrogen) atoms. The summed E-state index contributed by atoms with van der Waals surface area (Å²) in [6.07, 6.45) is 15.7. The van der Waals surface area contributed by atoms with Gasteiger partial charge in [-0.3, -0.25) is 4.79 Å². The van der Waals surface area contributed by atoms with E-state index in [1.165, 1.54) is 70.6 Å². The summed E-state index contributed by atoms with van der Waals surface area (Å²) in [7, 11) is 0. The van der Waals surface area contributed by atoms with Gasteiger partial charge in [0.15, 0.2) is 0 Å². The van der Waals surface area contributed by atoms with E-state index in [0.717, 1.165) is 19.3 Å². The lowest BCUT2D eigenvalue weighted by molar-refractivity contribution is -0.147. The number of aliphatic hydroxyl groups excluding tert-OH is 3. The third-order valence-electron chi connectivity index (χ3n) is 5.94. The Morgan fingerprint density at radius 3 is 1.50 bits per heavy atom. The Labute approximate surface area is 172 Å². The predicted octanol–water partition coefficient (Wildman–Crippen LogP) is 4.91. The van der Waals surface area contributed by atoms with Crippen molar-refractivity contribution in [1.82, 2.24) is 0 Å². The highest BCUT2D eigenvalue weighted by Gasteiger charge is 2.33. The Balaban J connectivity index is 3.73. The van der Waals surface area contributed by atoms with E-state index in [1.54, 1.807) is 6.92 Å². The molecule has 0 aliphatic carbocycles. The van der Waals surface area contributed by atoms with Crippen molar-refractivity contribution < 1.29 is 25.2 Å². The molecule has 0 aromatic carbocycles. The summed E-state index contributed by atoms with van der Waals surface area (Å²) in [6.45, 7) is 3.26. The molecule has 0 aliphatic heterocycles. The van der Waals surface area contributed by atoms with Crippen molar-refractivity contribution in [2.45, 2.75) is 122 Å². The molecule has 0 saturated carbocycles. The van der Waals surface area contributed by atoms with Crippen LogP contribution in [0.15, 0.2) is 0 Å². The second-order valence-electron chi connectivity index (χ2n) is 8.42. The maximum atomic E-state index is 11.2. The minimum atomic E-state index is -1.28. The van der Waals surface area contributed by atoms with Gasteiger partial charge >= 0.3 is 5.97 Å². The monoisotopic (exact) mass is 402 g/mol. The van der Waals surface area contributed by atoms with Gasteiger partial charge in [0.1, 0.15) is 6.10 Å². The Bertz CT molecular complexity index is 361. The minimum Gasteiger partial charge on any atom is -0.481 e. The topological polar surface area (TPSA) is 98.0 Å². The van der Waals surface area contributed by atoms with Gasteiger partial charge in [0.2, 0.25) is 0 Å². The first-order valence-corrected chi connectivity index (χ1v) is 11.6. The smallest absolute Gasteiger partial charge is 0.306 e. The molecule has 0 aliphatic rings. The van der Waals surface area contributed by atoms with E-state index in [0.29, 0.717) is 6.42 Å². The van der Waals surface area contributed by atoms with Gasteiger partial charge < -0.3 is 20.4 Å². The van der Waals surface area contributed by atoms with Crippen molar-refractivity contribution in [3.05, 3.63) is 0 Å². The Morgan fingerprint density at radius 1 is 0.750 bits per heavy atom. The van der Waals surface area contributed by atoms with Crippen LogP contribution in [0.3, 0.4) is 0 Å². The van der Waals surface area contributed by atoms with Crippen molar-refractivity contribution in [3.8, 4) is 0 Å². The zero-order chi connectivity index (χ0) is 21.2. The van der Waals surface area contributed by atoms with E-state index >= 15 is 0 Å². The van der Waals surface area contributed by atoms with Crippen molar-refractivity contribution in [2.75, 3.05) is 6.61 Å². The molecule has 0 fully saturated rings. The molecule has 0 aromatic heterocycles. The molecule has 0 saturated heterocycles. The van der Waals surface area contributed by atoms with Gasteiger partial charge in [0, 0.05) is 5.92 Å². The fourth-order valence-corrected chi connectivity index (χ4v) is 3.87. The van der Waals surface area contributed by atoms with Crippen LogP contribution in [-0.2, 0) is 4.79 Å². The molecule has 4 atom stereocenters. The maximum Gasteiger partial charge on any atom is 0.306 e.